The lowest BCUT2D eigenvalue weighted by Crippen LogP contribution is -2.41. The van der Waals surface area contributed by atoms with Crippen molar-refractivity contribution in [3.8, 4) is 0 Å². The molecule has 0 saturated carbocycles. The highest BCUT2D eigenvalue weighted by Crippen LogP contribution is 2.36. The first-order chi connectivity index (χ1) is 10.3. The molecule has 1 aliphatic rings. The van der Waals surface area contributed by atoms with Gasteiger partial charge in [0, 0.05) is 18.7 Å². The molecule has 0 unspecified atom stereocenters. The molecule has 0 radical (unpaired) electrons. The van der Waals surface area contributed by atoms with Crippen molar-refractivity contribution < 1.29 is 14.1 Å². The lowest BCUT2D eigenvalue weighted by molar-refractivity contribution is 0.00578. The van der Waals surface area contributed by atoms with E-state index >= 15 is 0 Å². The Morgan fingerprint density at radius 2 is 1.77 bits per heavy atom. The lowest BCUT2D eigenvalue weighted by Gasteiger charge is -2.32. The normalized spacial score (nSPS) is 19.2. The van der Waals surface area contributed by atoms with Crippen LogP contribution in [0, 0.1) is 0 Å². The highest BCUT2D eigenvalue weighted by atomic mass is 16.7. The number of hydrogen-bond donors (Lipinski definition) is 2. The molecule has 1 aromatic rings. The summed E-state index contributed by atoms with van der Waals surface area (Å²) in [6.45, 7) is 9.39. The van der Waals surface area contributed by atoms with Crippen molar-refractivity contribution in [3.63, 3.8) is 0 Å². The molecule has 2 N–H and O–H groups in total. The third-order valence-corrected chi connectivity index (χ3v) is 4.33. The fourth-order valence-corrected chi connectivity index (χ4v) is 2.21. The molecule has 0 aliphatic carbocycles. The van der Waals surface area contributed by atoms with Crippen LogP contribution in [0.2, 0.25) is 0 Å². The van der Waals surface area contributed by atoms with E-state index in [1.165, 1.54) is 0 Å². The van der Waals surface area contributed by atoms with Crippen LogP contribution < -0.4 is 16.1 Å². The molecular weight excluding hydrogens is 279 g/mol. The molecule has 1 aliphatic heterocycles. The Kier molecular flexibility index (Phi) is 4.95. The van der Waals surface area contributed by atoms with Gasteiger partial charge in [-0.2, -0.15) is 0 Å². The summed E-state index contributed by atoms with van der Waals surface area (Å²) in [5.41, 5.74) is 0.703. The molecule has 1 saturated heterocycles. The summed E-state index contributed by atoms with van der Waals surface area (Å²) in [5.74, 6) is -0.0892. The predicted octanol–water partition coefficient (Wildman–Crippen LogP) is 0.935. The van der Waals surface area contributed by atoms with Gasteiger partial charge in [0.2, 0.25) is 0 Å². The van der Waals surface area contributed by atoms with E-state index in [2.05, 4.69) is 10.6 Å². The molecule has 0 aromatic heterocycles. The van der Waals surface area contributed by atoms with E-state index in [-0.39, 0.29) is 17.1 Å². The highest BCUT2D eigenvalue weighted by molar-refractivity contribution is 6.62. The average Bonchev–Trinajstić information content (AvgIpc) is 2.68. The van der Waals surface area contributed by atoms with Crippen LogP contribution in [0.1, 0.15) is 38.1 Å². The van der Waals surface area contributed by atoms with E-state index in [9.17, 15) is 4.79 Å². The van der Waals surface area contributed by atoms with Gasteiger partial charge in [0.05, 0.1) is 11.2 Å². The second-order valence-electron chi connectivity index (χ2n) is 6.57. The van der Waals surface area contributed by atoms with Crippen molar-refractivity contribution in [1.82, 2.24) is 10.6 Å². The van der Waals surface area contributed by atoms with Crippen LogP contribution in [0.5, 0.6) is 0 Å². The van der Waals surface area contributed by atoms with Gasteiger partial charge in [0.1, 0.15) is 0 Å². The first-order valence-electron chi connectivity index (χ1n) is 7.65. The molecule has 120 valence electrons. The summed E-state index contributed by atoms with van der Waals surface area (Å²) in [5, 5.41) is 5.86. The molecule has 2 rings (SSSR count). The minimum Gasteiger partial charge on any atom is -0.399 e. The zero-order valence-electron chi connectivity index (χ0n) is 14.0. The average molecular weight is 304 g/mol. The van der Waals surface area contributed by atoms with Gasteiger partial charge in [-0.05, 0) is 52.3 Å². The summed E-state index contributed by atoms with van der Waals surface area (Å²) in [7, 11) is 1.40. The fraction of sp³-hybridized carbons (Fsp3) is 0.562. The highest BCUT2D eigenvalue weighted by Gasteiger charge is 2.51. The molecule has 6 heteroatoms. The smallest absolute Gasteiger partial charge is 0.399 e. The monoisotopic (exact) mass is 304 g/mol. The molecule has 0 spiro atoms. The SMILES string of the molecule is CNCCNC(=O)c1cccc(B2OC(C)(C)C(C)(C)O2)c1. The second-order valence-corrected chi connectivity index (χ2v) is 6.57. The van der Waals surface area contributed by atoms with Crippen LogP contribution in [-0.4, -0.2) is 44.4 Å². The Balaban J connectivity index is 2.11. The summed E-state index contributed by atoms with van der Waals surface area (Å²) in [6.07, 6.45) is 0. The largest absolute Gasteiger partial charge is 0.494 e. The first-order valence-corrected chi connectivity index (χ1v) is 7.65. The van der Waals surface area contributed by atoms with Crippen LogP contribution in [0.25, 0.3) is 0 Å². The zero-order valence-corrected chi connectivity index (χ0v) is 14.0. The molecule has 0 atom stereocenters. The van der Waals surface area contributed by atoms with Crippen molar-refractivity contribution in [1.29, 1.82) is 0 Å². The maximum atomic E-state index is 12.1. The number of carbonyl (C=O) groups is 1. The predicted molar refractivity (Wildman–Crippen MR) is 88.4 cm³/mol. The molecule has 1 heterocycles. The molecular formula is C16H25BN2O3. The van der Waals surface area contributed by atoms with Gasteiger partial charge in [-0.3, -0.25) is 4.79 Å². The summed E-state index contributed by atoms with van der Waals surface area (Å²) < 4.78 is 12.0. The molecule has 22 heavy (non-hydrogen) atoms. The summed E-state index contributed by atoms with van der Waals surface area (Å²) in [4.78, 5) is 12.1. The van der Waals surface area contributed by atoms with Crippen LogP contribution in [0.4, 0.5) is 0 Å². The van der Waals surface area contributed by atoms with E-state index in [0.717, 1.165) is 12.0 Å². The first kappa shape index (κ1) is 17.0. The molecule has 0 bridgehead atoms. The van der Waals surface area contributed by atoms with Gasteiger partial charge >= 0.3 is 7.12 Å². The number of nitrogens with one attached hydrogen (secondary N) is 2. The number of likely N-dealkylation sites (N-methyl/N-ethyl adjacent to an activating group) is 1. The lowest BCUT2D eigenvalue weighted by atomic mass is 9.78. The van der Waals surface area contributed by atoms with Crippen molar-refractivity contribution in [2.45, 2.75) is 38.9 Å². The van der Waals surface area contributed by atoms with Gasteiger partial charge in [-0.15, -0.1) is 0 Å². The number of carbonyl (C=O) groups excluding carboxylic acids is 1. The van der Waals surface area contributed by atoms with Gasteiger partial charge in [0.15, 0.2) is 0 Å². The standard InChI is InChI=1S/C16H25BN2O3/c1-15(2)16(3,4)22-17(21-15)13-8-6-7-12(11-13)14(20)19-10-9-18-5/h6-8,11,18H,9-10H2,1-5H3,(H,19,20). The fourth-order valence-electron chi connectivity index (χ4n) is 2.21. The minimum absolute atomic E-state index is 0.0892. The number of hydrogen-bond acceptors (Lipinski definition) is 4. The van der Waals surface area contributed by atoms with Crippen LogP contribution in [0.3, 0.4) is 0 Å². The number of rotatable bonds is 5. The summed E-state index contributed by atoms with van der Waals surface area (Å²) in [6, 6.07) is 7.40. The molecule has 1 aromatic carbocycles. The van der Waals surface area contributed by atoms with E-state index in [1.54, 1.807) is 6.07 Å². The Morgan fingerprint density at radius 1 is 1.14 bits per heavy atom. The van der Waals surface area contributed by atoms with Crippen molar-refractivity contribution >= 4 is 18.5 Å². The Morgan fingerprint density at radius 3 is 2.36 bits per heavy atom. The molecule has 1 amide bonds. The number of amides is 1. The maximum absolute atomic E-state index is 12.1. The van der Waals surface area contributed by atoms with Crippen molar-refractivity contribution in [2.75, 3.05) is 20.1 Å². The van der Waals surface area contributed by atoms with E-state index in [4.69, 9.17) is 9.31 Å². The van der Waals surface area contributed by atoms with Gasteiger partial charge in [-0.1, -0.05) is 12.1 Å². The summed E-state index contributed by atoms with van der Waals surface area (Å²) >= 11 is 0. The third-order valence-electron chi connectivity index (χ3n) is 4.33. The topological polar surface area (TPSA) is 59.6 Å². The Hall–Kier alpha value is -1.37. The van der Waals surface area contributed by atoms with Gasteiger partial charge in [-0.25, -0.2) is 0 Å². The van der Waals surface area contributed by atoms with Gasteiger partial charge in [0.25, 0.3) is 5.91 Å². The van der Waals surface area contributed by atoms with Crippen molar-refractivity contribution in [3.05, 3.63) is 29.8 Å². The van der Waals surface area contributed by atoms with E-state index in [1.807, 2.05) is 52.9 Å². The molecule has 5 nitrogen and oxygen atoms in total. The van der Waals surface area contributed by atoms with E-state index in [0.29, 0.717) is 12.1 Å². The van der Waals surface area contributed by atoms with Crippen LogP contribution >= 0.6 is 0 Å². The molecule has 1 fully saturated rings. The minimum atomic E-state index is -0.449. The van der Waals surface area contributed by atoms with Crippen LogP contribution in [0.15, 0.2) is 24.3 Å². The Labute approximate surface area is 132 Å². The second kappa shape index (κ2) is 6.40. The maximum Gasteiger partial charge on any atom is 0.494 e. The Bertz CT molecular complexity index is 530. The van der Waals surface area contributed by atoms with Crippen LogP contribution in [-0.2, 0) is 9.31 Å². The van der Waals surface area contributed by atoms with Gasteiger partial charge < -0.3 is 19.9 Å². The zero-order chi connectivity index (χ0) is 16.4. The van der Waals surface area contributed by atoms with E-state index < -0.39 is 7.12 Å². The van der Waals surface area contributed by atoms with Crippen molar-refractivity contribution in [2.24, 2.45) is 0 Å². The third kappa shape index (κ3) is 3.51. The quantitative estimate of drug-likeness (QED) is 0.628. The number of benzene rings is 1.